The molecule has 1 aromatic rings. The van der Waals surface area contributed by atoms with Gasteiger partial charge in [-0.2, -0.15) is 0 Å². The van der Waals surface area contributed by atoms with Crippen molar-refractivity contribution in [2.24, 2.45) is 0 Å². The van der Waals surface area contributed by atoms with Gasteiger partial charge in [-0.05, 0) is 44.6 Å². The lowest BCUT2D eigenvalue weighted by Gasteiger charge is -2.03. The fourth-order valence-corrected chi connectivity index (χ4v) is 1.71. The number of rotatable bonds is 1. The average molecular weight is 368 g/mol. The van der Waals surface area contributed by atoms with Gasteiger partial charge in [0.2, 0.25) is 0 Å². The molecule has 0 aliphatic rings. The van der Waals surface area contributed by atoms with Crippen LogP contribution in [0.15, 0.2) is 10.5 Å². The minimum atomic E-state index is -2.58. The molecule has 0 amide bonds. The normalized spacial score (nSPS) is 10.8. The predicted molar refractivity (Wildman–Crippen MR) is 54.6 cm³/mol. The molecule has 0 aliphatic heterocycles. The topological polar surface area (TPSA) is 12.9 Å². The van der Waals surface area contributed by atoms with Crippen LogP contribution < -0.4 is 0 Å². The van der Waals surface area contributed by atoms with Crippen molar-refractivity contribution in [3.63, 3.8) is 0 Å². The van der Waals surface area contributed by atoms with E-state index in [0.717, 1.165) is 0 Å². The zero-order valence-electron chi connectivity index (χ0n) is 5.49. The Labute approximate surface area is 94.8 Å². The summed E-state index contributed by atoms with van der Waals surface area (Å²) in [6, 6.07) is 1.28. The molecule has 0 saturated heterocycles. The second-order valence-electron chi connectivity index (χ2n) is 1.94. The van der Waals surface area contributed by atoms with Gasteiger partial charge in [0.05, 0.1) is 10.0 Å². The van der Waals surface area contributed by atoms with Crippen molar-refractivity contribution >= 4 is 50.1 Å². The third kappa shape index (κ3) is 2.26. The molecule has 0 bridgehead atoms. The maximum Gasteiger partial charge on any atom is 0.266 e. The van der Waals surface area contributed by atoms with E-state index < -0.39 is 6.43 Å². The maximum absolute atomic E-state index is 12.2. The highest BCUT2D eigenvalue weighted by Crippen LogP contribution is 2.30. The number of hydrogen-bond acceptors (Lipinski definition) is 1. The summed E-state index contributed by atoms with van der Waals surface area (Å²) < 4.78 is 25.5. The third-order valence-electron chi connectivity index (χ3n) is 1.15. The van der Waals surface area contributed by atoms with E-state index in [9.17, 15) is 8.78 Å². The molecule has 0 spiro atoms. The lowest BCUT2D eigenvalue weighted by molar-refractivity contribution is 0.151. The molecule has 0 aliphatic carbocycles. The molecular weight excluding hydrogens is 366 g/mol. The van der Waals surface area contributed by atoms with E-state index in [1.165, 1.54) is 6.07 Å². The van der Waals surface area contributed by atoms with Gasteiger partial charge in [0.1, 0.15) is 8.85 Å². The summed E-state index contributed by atoms with van der Waals surface area (Å²) in [4.78, 5) is 3.72. The first kappa shape index (κ1) is 10.6. The fraction of sp³-hybridized carbons (Fsp3) is 0.167. The van der Waals surface area contributed by atoms with Gasteiger partial charge in [0, 0.05) is 0 Å². The van der Waals surface area contributed by atoms with E-state index in [0.29, 0.717) is 8.17 Å². The molecule has 66 valence electrons. The van der Waals surface area contributed by atoms with Crippen LogP contribution in [0.3, 0.4) is 0 Å². The van der Waals surface area contributed by atoms with Gasteiger partial charge in [-0.25, -0.2) is 13.8 Å². The van der Waals surface area contributed by atoms with Crippen molar-refractivity contribution in [3.05, 3.63) is 25.0 Å². The molecule has 12 heavy (non-hydrogen) atoms. The smallest absolute Gasteiger partial charge is 0.228 e. The molecule has 0 fully saturated rings. The van der Waals surface area contributed by atoms with Gasteiger partial charge >= 0.3 is 0 Å². The van der Waals surface area contributed by atoms with Crippen LogP contribution in [0.5, 0.6) is 0 Å². The molecule has 1 heterocycles. The van der Waals surface area contributed by atoms with E-state index in [4.69, 9.17) is 11.6 Å². The highest BCUT2D eigenvalue weighted by molar-refractivity contribution is 14.1. The lowest BCUT2D eigenvalue weighted by Crippen LogP contribution is -1.92. The minimum Gasteiger partial charge on any atom is -0.228 e. The Kier molecular flexibility index (Phi) is 3.66. The van der Waals surface area contributed by atoms with Crippen LogP contribution >= 0.6 is 50.1 Å². The van der Waals surface area contributed by atoms with Gasteiger partial charge in [-0.15, -0.1) is 0 Å². The van der Waals surface area contributed by atoms with Crippen LogP contribution in [0.25, 0.3) is 0 Å². The van der Waals surface area contributed by atoms with Crippen molar-refractivity contribution in [2.75, 3.05) is 0 Å². The molecule has 0 unspecified atom stereocenters. The van der Waals surface area contributed by atoms with E-state index in [2.05, 4.69) is 20.9 Å². The zero-order chi connectivity index (χ0) is 9.30. The second kappa shape index (κ2) is 4.15. The first-order chi connectivity index (χ1) is 5.52. The van der Waals surface area contributed by atoms with Crippen LogP contribution in [0.2, 0.25) is 5.15 Å². The standard InChI is InChI=1S/C6H2BrClF2IN/c7-3-1-2(5(9)10)4(8)12-6(3)11/h1,5H. The van der Waals surface area contributed by atoms with Gasteiger partial charge in [0.25, 0.3) is 6.43 Å². The summed E-state index contributed by atoms with van der Waals surface area (Å²) in [7, 11) is 0. The molecular formula is C6H2BrClF2IN. The van der Waals surface area contributed by atoms with Crippen LogP contribution in [0, 0.1) is 3.70 Å². The Hall–Kier alpha value is 0.510. The van der Waals surface area contributed by atoms with Crippen LogP contribution in [-0.2, 0) is 0 Å². The van der Waals surface area contributed by atoms with Gasteiger partial charge in [-0.3, -0.25) is 0 Å². The van der Waals surface area contributed by atoms with Crippen molar-refractivity contribution in [1.82, 2.24) is 4.98 Å². The van der Waals surface area contributed by atoms with E-state index in [1.807, 2.05) is 22.6 Å². The fourth-order valence-electron chi connectivity index (χ4n) is 0.613. The number of halogens is 5. The molecule has 0 N–H and O–H groups in total. The summed E-state index contributed by atoms with van der Waals surface area (Å²) in [5, 5.41) is -0.141. The van der Waals surface area contributed by atoms with Crippen LogP contribution in [-0.4, -0.2) is 4.98 Å². The SMILES string of the molecule is FC(F)c1cc(Br)c(I)nc1Cl. The summed E-state index contributed by atoms with van der Waals surface area (Å²) >= 11 is 10.5. The van der Waals surface area contributed by atoms with Crippen molar-refractivity contribution in [3.8, 4) is 0 Å². The number of alkyl halides is 2. The summed E-state index contributed by atoms with van der Waals surface area (Å²) in [6.45, 7) is 0. The van der Waals surface area contributed by atoms with Crippen LogP contribution in [0.4, 0.5) is 8.78 Å². The van der Waals surface area contributed by atoms with Gasteiger partial charge in [-0.1, -0.05) is 11.6 Å². The Morgan fingerprint density at radius 3 is 2.67 bits per heavy atom. The molecule has 6 heteroatoms. The van der Waals surface area contributed by atoms with Crippen LogP contribution in [0.1, 0.15) is 12.0 Å². The van der Waals surface area contributed by atoms with Crippen molar-refractivity contribution in [1.29, 1.82) is 0 Å². The first-order valence-electron chi connectivity index (χ1n) is 2.82. The number of nitrogens with zero attached hydrogens (tertiary/aromatic N) is 1. The Morgan fingerprint density at radius 1 is 1.58 bits per heavy atom. The molecule has 1 rings (SSSR count). The quantitative estimate of drug-likeness (QED) is 0.539. The molecule has 1 nitrogen and oxygen atoms in total. The Balaban J connectivity index is 3.23. The maximum atomic E-state index is 12.2. The lowest BCUT2D eigenvalue weighted by atomic mass is 10.3. The molecule has 0 saturated carbocycles. The van der Waals surface area contributed by atoms with E-state index in [1.54, 1.807) is 0 Å². The number of aromatic nitrogens is 1. The minimum absolute atomic E-state index is 0.141. The molecule has 1 aromatic heterocycles. The summed E-state index contributed by atoms with van der Waals surface area (Å²) in [6.07, 6.45) is -2.58. The van der Waals surface area contributed by atoms with Gasteiger partial charge in [0.15, 0.2) is 0 Å². The van der Waals surface area contributed by atoms with Crippen molar-refractivity contribution < 1.29 is 8.78 Å². The van der Waals surface area contributed by atoms with Gasteiger partial charge < -0.3 is 0 Å². The summed E-state index contributed by atoms with van der Waals surface area (Å²) in [5.74, 6) is 0. The first-order valence-corrected chi connectivity index (χ1v) is 5.07. The monoisotopic (exact) mass is 367 g/mol. The number of hydrogen-bond donors (Lipinski definition) is 0. The second-order valence-corrected chi connectivity index (χ2v) is 4.18. The van der Waals surface area contributed by atoms with Crippen molar-refractivity contribution in [2.45, 2.75) is 6.43 Å². The molecule has 0 radical (unpaired) electrons. The zero-order valence-corrected chi connectivity index (χ0v) is 9.99. The number of pyridine rings is 1. The Morgan fingerprint density at radius 2 is 2.17 bits per heavy atom. The third-order valence-corrected chi connectivity index (χ3v) is 3.62. The largest absolute Gasteiger partial charge is 0.266 e. The van der Waals surface area contributed by atoms with E-state index >= 15 is 0 Å². The molecule has 0 aromatic carbocycles. The van der Waals surface area contributed by atoms with E-state index in [-0.39, 0.29) is 10.7 Å². The predicted octanol–water partition coefficient (Wildman–Crippen LogP) is 4.04. The molecule has 0 atom stereocenters. The highest BCUT2D eigenvalue weighted by Gasteiger charge is 2.15. The Bertz CT molecular complexity index is 308. The average Bonchev–Trinajstić information content (AvgIpc) is 1.96. The highest BCUT2D eigenvalue weighted by atomic mass is 127. The summed E-state index contributed by atoms with van der Waals surface area (Å²) in [5.41, 5.74) is -0.246.